The molecule has 0 heterocycles. The zero-order valence-corrected chi connectivity index (χ0v) is 11.5. The van der Waals surface area contributed by atoms with Crippen molar-refractivity contribution in [2.24, 2.45) is 0 Å². The fraction of sp³-hybridized carbons (Fsp3) is 0.0769. The minimum absolute atomic E-state index is 0.0434. The van der Waals surface area contributed by atoms with Crippen LogP contribution in [0.15, 0.2) is 53.4 Å². The standard InChI is InChI=1S/C13H11FN2O4S/c14-12-8-11(6-7-13(12)16(17)18)21(19,20)15-9-10-4-2-1-3-5-10/h1-8,15H,9H2. The van der Waals surface area contributed by atoms with Gasteiger partial charge in [-0.25, -0.2) is 13.1 Å². The van der Waals surface area contributed by atoms with Crippen LogP contribution in [0, 0.1) is 15.9 Å². The highest BCUT2D eigenvalue weighted by Crippen LogP contribution is 2.20. The van der Waals surface area contributed by atoms with E-state index in [0.29, 0.717) is 6.07 Å². The Labute approximate surface area is 120 Å². The molecule has 0 aliphatic carbocycles. The molecular formula is C13H11FN2O4S. The largest absolute Gasteiger partial charge is 0.304 e. The molecule has 2 aromatic rings. The summed E-state index contributed by atoms with van der Waals surface area (Å²) < 4.78 is 39.7. The van der Waals surface area contributed by atoms with Gasteiger partial charge in [-0.2, -0.15) is 4.39 Å². The van der Waals surface area contributed by atoms with Crippen molar-refractivity contribution in [2.45, 2.75) is 11.4 Å². The predicted molar refractivity (Wildman–Crippen MR) is 73.5 cm³/mol. The number of hydrogen-bond donors (Lipinski definition) is 1. The second-order valence-corrected chi connectivity index (χ2v) is 5.95. The molecule has 2 rings (SSSR count). The summed E-state index contributed by atoms with van der Waals surface area (Å²) in [5.74, 6) is -1.19. The van der Waals surface area contributed by atoms with Crippen molar-refractivity contribution in [3.05, 3.63) is 70.0 Å². The van der Waals surface area contributed by atoms with E-state index in [4.69, 9.17) is 0 Å². The molecular weight excluding hydrogens is 299 g/mol. The molecule has 0 bridgehead atoms. The Hall–Kier alpha value is -2.32. The lowest BCUT2D eigenvalue weighted by atomic mass is 10.2. The predicted octanol–water partition coefficient (Wildman–Crippen LogP) is 2.21. The summed E-state index contributed by atoms with van der Waals surface area (Å²) in [6, 6.07) is 11.2. The molecule has 0 aliphatic rings. The maximum Gasteiger partial charge on any atom is 0.304 e. The molecule has 110 valence electrons. The normalized spacial score (nSPS) is 11.3. The number of hydrogen-bond acceptors (Lipinski definition) is 4. The first-order valence-electron chi connectivity index (χ1n) is 5.88. The van der Waals surface area contributed by atoms with Crippen LogP contribution in [0.5, 0.6) is 0 Å². The molecule has 8 heteroatoms. The van der Waals surface area contributed by atoms with Crippen LogP contribution in [0.4, 0.5) is 10.1 Å². The topological polar surface area (TPSA) is 89.3 Å². The van der Waals surface area contributed by atoms with Crippen molar-refractivity contribution in [1.29, 1.82) is 0 Å². The highest BCUT2D eigenvalue weighted by molar-refractivity contribution is 7.89. The van der Waals surface area contributed by atoms with Gasteiger partial charge in [0.25, 0.3) is 0 Å². The molecule has 0 spiro atoms. The Morgan fingerprint density at radius 2 is 1.81 bits per heavy atom. The maximum absolute atomic E-state index is 13.5. The molecule has 0 amide bonds. The van der Waals surface area contributed by atoms with Gasteiger partial charge in [0.15, 0.2) is 0 Å². The van der Waals surface area contributed by atoms with Gasteiger partial charge in [0.1, 0.15) is 0 Å². The number of benzene rings is 2. The number of nitrogens with zero attached hydrogens (tertiary/aromatic N) is 1. The van der Waals surface area contributed by atoms with E-state index in [2.05, 4.69) is 4.72 Å². The van der Waals surface area contributed by atoms with Crippen molar-refractivity contribution >= 4 is 15.7 Å². The number of nitrogens with one attached hydrogen (secondary N) is 1. The second kappa shape index (κ2) is 5.98. The van der Waals surface area contributed by atoms with Crippen molar-refractivity contribution in [1.82, 2.24) is 4.72 Å². The third-order valence-corrected chi connectivity index (χ3v) is 4.13. The molecule has 0 aliphatic heterocycles. The van der Waals surface area contributed by atoms with Gasteiger partial charge in [-0.15, -0.1) is 0 Å². The molecule has 0 saturated carbocycles. The average Bonchev–Trinajstić information content (AvgIpc) is 2.46. The molecule has 2 aromatic carbocycles. The van der Waals surface area contributed by atoms with Crippen LogP contribution in [0.25, 0.3) is 0 Å². The highest BCUT2D eigenvalue weighted by Gasteiger charge is 2.20. The van der Waals surface area contributed by atoms with Crippen molar-refractivity contribution < 1.29 is 17.7 Å². The number of nitro groups is 1. The minimum Gasteiger partial charge on any atom is -0.258 e. The number of rotatable bonds is 5. The molecule has 0 fully saturated rings. The van der Waals surface area contributed by atoms with Crippen molar-refractivity contribution in [2.75, 3.05) is 0 Å². The van der Waals surface area contributed by atoms with E-state index in [1.54, 1.807) is 30.3 Å². The molecule has 0 aromatic heterocycles. The molecule has 0 unspecified atom stereocenters. The van der Waals surface area contributed by atoms with Crippen LogP contribution in [-0.2, 0) is 16.6 Å². The van der Waals surface area contributed by atoms with Gasteiger partial charge >= 0.3 is 5.69 Å². The van der Waals surface area contributed by atoms with Crippen LogP contribution in [0.1, 0.15) is 5.56 Å². The van der Waals surface area contributed by atoms with Crippen molar-refractivity contribution in [3.63, 3.8) is 0 Å². The summed E-state index contributed by atoms with van der Waals surface area (Å²) in [6.45, 7) is 0.0434. The summed E-state index contributed by atoms with van der Waals surface area (Å²) in [6.07, 6.45) is 0. The average molecular weight is 310 g/mol. The first-order chi connectivity index (χ1) is 9.90. The summed E-state index contributed by atoms with van der Waals surface area (Å²) >= 11 is 0. The first-order valence-corrected chi connectivity index (χ1v) is 7.36. The zero-order chi connectivity index (χ0) is 15.5. The maximum atomic E-state index is 13.5. The van der Waals surface area contributed by atoms with Gasteiger partial charge in [0.2, 0.25) is 15.8 Å². The lowest BCUT2D eigenvalue weighted by Crippen LogP contribution is -2.23. The van der Waals surface area contributed by atoms with Crippen molar-refractivity contribution in [3.8, 4) is 0 Å². The quantitative estimate of drug-likeness (QED) is 0.677. The van der Waals surface area contributed by atoms with Gasteiger partial charge in [-0.05, 0) is 11.6 Å². The van der Waals surface area contributed by atoms with Gasteiger partial charge in [-0.1, -0.05) is 30.3 Å². The highest BCUT2D eigenvalue weighted by atomic mass is 32.2. The monoisotopic (exact) mass is 310 g/mol. The number of nitro benzene ring substituents is 1. The van der Waals surface area contributed by atoms with Gasteiger partial charge in [-0.3, -0.25) is 10.1 Å². The minimum atomic E-state index is -3.94. The molecule has 0 saturated heterocycles. The van der Waals surface area contributed by atoms with Crippen LogP contribution in [0.2, 0.25) is 0 Å². The molecule has 0 radical (unpaired) electrons. The third kappa shape index (κ3) is 3.61. The smallest absolute Gasteiger partial charge is 0.258 e. The van der Waals surface area contributed by atoms with Crippen LogP contribution >= 0.6 is 0 Å². The summed E-state index contributed by atoms with van der Waals surface area (Å²) in [5.41, 5.74) is -0.0273. The van der Waals surface area contributed by atoms with E-state index in [9.17, 15) is 22.9 Å². The van der Waals surface area contributed by atoms with E-state index >= 15 is 0 Å². The van der Waals surface area contributed by atoms with E-state index in [1.165, 1.54) is 0 Å². The fourth-order valence-corrected chi connectivity index (χ4v) is 2.69. The van der Waals surface area contributed by atoms with Gasteiger partial charge in [0, 0.05) is 18.7 Å². The number of sulfonamides is 1. The third-order valence-electron chi connectivity index (χ3n) is 2.74. The Bertz CT molecular complexity index is 763. The van der Waals surface area contributed by atoms with Gasteiger partial charge < -0.3 is 0 Å². The zero-order valence-electron chi connectivity index (χ0n) is 10.7. The second-order valence-electron chi connectivity index (χ2n) is 4.18. The lowest BCUT2D eigenvalue weighted by Gasteiger charge is -2.07. The Kier molecular flexibility index (Phi) is 4.29. The summed E-state index contributed by atoms with van der Waals surface area (Å²) in [4.78, 5) is 9.22. The van der Waals surface area contributed by atoms with E-state index < -0.39 is 26.5 Å². The summed E-state index contributed by atoms with van der Waals surface area (Å²) in [5, 5.41) is 10.5. The lowest BCUT2D eigenvalue weighted by molar-refractivity contribution is -0.387. The SMILES string of the molecule is O=[N+]([O-])c1ccc(S(=O)(=O)NCc2ccccc2)cc1F. The van der Waals surface area contributed by atoms with E-state index in [-0.39, 0.29) is 11.4 Å². The Morgan fingerprint density at radius 1 is 1.14 bits per heavy atom. The first kappa shape index (κ1) is 15.1. The Balaban J connectivity index is 2.20. The van der Waals surface area contributed by atoms with Crippen LogP contribution < -0.4 is 4.72 Å². The number of halogens is 1. The summed E-state index contributed by atoms with van der Waals surface area (Å²) in [7, 11) is -3.94. The van der Waals surface area contributed by atoms with Gasteiger partial charge in [0.05, 0.1) is 9.82 Å². The van der Waals surface area contributed by atoms with Crippen LogP contribution in [-0.4, -0.2) is 13.3 Å². The molecule has 0 atom stereocenters. The molecule has 6 nitrogen and oxygen atoms in total. The Morgan fingerprint density at radius 3 is 2.38 bits per heavy atom. The van der Waals surface area contributed by atoms with Crippen LogP contribution in [0.3, 0.4) is 0 Å². The fourth-order valence-electron chi connectivity index (χ4n) is 1.66. The van der Waals surface area contributed by atoms with E-state index in [1.807, 2.05) is 0 Å². The molecule has 21 heavy (non-hydrogen) atoms. The molecule has 1 N–H and O–H groups in total. The van der Waals surface area contributed by atoms with E-state index in [0.717, 1.165) is 17.7 Å².